The standard InChI is InChI=1S/C23H21FN4O3/c24-16-6-8-18(9-7-16)31-19-10-11-26(13-19)22(29)15-27-14-21-20(23(27)30)12-25-28(21)17-4-2-1-3-5-17/h1-9,12,19H,10-11,13-15H2/t19-/m0/s1. The zero-order valence-electron chi connectivity index (χ0n) is 16.8. The zero-order chi connectivity index (χ0) is 21.4. The number of ether oxygens (including phenoxy) is 1. The Labute approximate surface area is 178 Å². The quantitative estimate of drug-likeness (QED) is 0.637. The van der Waals surface area contributed by atoms with Crippen molar-refractivity contribution in [2.45, 2.75) is 19.1 Å². The lowest BCUT2D eigenvalue weighted by Crippen LogP contribution is -2.40. The van der Waals surface area contributed by atoms with E-state index < -0.39 is 0 Å². The van der Waals surface area contributed by atoms with Gasteiger partial charge in [-0.15, -0.1) is 0 Å². The highest BCUT2D eigenvalue weighted by atomic mass is 19.1. The Kier molecular flexibility index (Phi) is 4.89. The van der Waals surface area contributed by atoms with Crippen LogP contribution < -0.4 is 4.74 Å². The Balaban J connectivity index is 1.21. The first kappa shape index (κ1) is 19.3. The van der Waals surface area contributed by atoms with E-state index in [0.29, 0.717) is 37.4 Å². The summed E-state index contributed by atoms with van der Waals surface area (Å²) >= 11 is 0. The molecule has 0 aliphatic carbocycles. The fourth-order valence-electron chi connectivity index (χ4n) is 4.07. The summed E-state index contributed by atoms with van der Waals surface area (Å²) in [5, 5.41) is 4.34. The van der Waals surface area contributed by atoms with Crippen molar-refractivity contribution >= 4 is 11.8 Å². The molecular weight excluding hydrogens is 399 g/mol. The van der Waals surface area contributed by atoms with E-state index >= 15 is 0 Å². The monoisotopic (exact) mass is 420 g/mol. The minimum absolute atomic E-state index is 0.0194. The van der Waals surface area contributed by atoms with Gasteiger partial charge in [0, 0.05) is 13.0 Å². The fraction of sp³-hybridized carbons (Fsp3) is 0.261. The molecule has 2 amide bonds. The number of nitrogens with zero attached hydrogens (tertiary/aromatic N) is 4. The number of amides is 2. The third-order valence-corrected chi connectivity index (χ3v) is 5.67. The van der Waals surface area contributed by atoms with Gasteiger partial charge in [-0.05, 0) is 36.4 Å². The number of rotatable bonds is 5. The largest absolute Gasteiger partial charge is 0.489 e. The molecule has 158 valence electrons. The molecule has 1 aromatic heterocycles. The van der Waals surface area contributed by atoms with Gasteiger partial charge in [-0.3, -0.25) is 9.59 Å². The number of benzene rings is 2. The number of likely N-dealkylation sites (tertiary alicyclic amines) is 1. The SMILES string of the molecule is O=C(CN1Cc2c(cnn2-c2ccccc2)C1=O)N1CC[C@H](Oc2ccc(F)cc2)C1. The second-order valence-electron chi connectivity index (χ2n) is 7.74. The molecule has 2 aliphatic heterocycles. The third kappa shape index (κ3) is 3.76. The molecule has 31 heavy (non-hydrogen) atoms. The average Bonchev–Trinajstić information content (AvgIpc) is 3.48. The number of carbonyl (C=O) groups excluding carboxylic acids is 2. The summed E-state index contributed by atoms with van der Waals surface area (Å²) in [6.07, 6.45) is 2.12. The Bertz CT molecular complexity index is 1110. The van der Waals surface area contributed by atoms with Gasteiger partial charge in [-0.25, -0.2) is 9.07 Å². The lowest BCUT2D eigenvalue weighted by molar-refractivity contribution is -0.131. The van der Waals surface area contributed by atoms with Crippen LogP contribution in [0.3, 0.4) is 0 Å². The summed E-state index contributed by atoms with van der Waals surface area (Å²) < 4.78 is 20.6. The topological polar surface area (TPSA) is 67.7 Å². The average molecular weight is 420 g/mol. The van der Waals surface area contributed by atoms with Gasteiger partial charge < -0.3 is 14.5 Å². The van der Waals surface area contributed by atoms with E-state index in [4.69, 9.17) is 4.74 Å². The van der Waals surface area contributed by atoms with E-state index in [0.717, 1.165) is 11.4 Å². The second-order valence-corrected chi connectivity index (χ2v) is 7.74. The van der Waals surface area contributed by atoms with Crippen LogP contribution in [0, 0.1) is 5.82 Å². The Morgan fingerprint density at radius 3 is 2.68 bits per heavy atom. The zero-order valence-corrected chi connectivity index (χ0v) is 16.8. The highest BCUT2D eigenvalue weighted by Crippen LogP contribution is 2.25. The minimum atomic E-state index is -0.317. The van der Waals surface area contributed by atoms with Crippen LogP contribution in [0.5, 0.6) is 5.75 Å². The van der Waals surface area contributed by atoms with Gasteiger partial charge in [0.15, 0.2) is 0 Å². The fourth-order valence-corrected chi connectivity index (χ4v) is 4.07. The van der Waals surface area contributed by atoms with Crippen molar-refractivity contribution in [2.24, 2.45) is 0 Å². The maximum atomic E-state index is 13.0. The summed E-state index contributed by atoms with van der Waals surface area (Å²) in [6, 6.07) is 15.5. The lowest BCUT2D eigenvalue weighted by atomic mass is 10.2. The summed E-state index contributed by atoms with van der Waals surface area (Å²) in [7, 11) is 0. The van der Waals surface area contributed by atoms with Crippen LogP contribution in [0.15, 0.2) is 60.8 Å². The van der Waals surface area contributed by atoms with Gasteiger partial charge in [-0.2, -0.15) is 5.10 Å². The summed E-state index contributed by atoms with van der Waals surface area (Å²) in [5.41, 5.74) is 2.21. The smallest absolute Gasteiger partial charge is 0.258 e. The molecule has 0 radical (unpaired) electrons. The van der Waals surface area contributed by atoms with Crippen molar-refractivity contribution in [3.05, 3.63) is 77.9 Å². The molecule has 0 unspecified atom stereocenters. The van der Waals surface area contributed by atoms with Crippen LogP contribution in [0.1, 0.15) is 22.5 Å². The predicted molar refractivity (Wildman–Crippen MR) is 110 cm³/mol. The van der Waals surface area contributed by atoms with Crippen LogP contribution >= 0.6 is 0 Å². The Morgan fingerprint density at radius 2 is 1.90 bits per heavy atom. The van der Waals surface area contributed by atoms with Crippen molar-refractivity contribution in [3.8, 4) is 11.4 Å². The molecule has 7 nitrogen and oxygen atoms in total. The molecule has 0 bridgehead atoms. The van der Waals surface area contributed by atoms with E-state index in [1.165, 1.54) is 12.1 Å². The lowest BCUT2D eigenvalue weighted by Gasteiger charge is -2.21. The molecule has 0 spiro atoms. The summed E-state index contributed by atoms with van der Waals surface area (Å²) in [4.78, 5) is 28.9. The molecule has 2 aromatic carbocycles. The summed E-state index contributed by atoms with van der Waals surface area (Å²) in [5.74, 6) is -0.0228. The minimum Gasteiger partial charge on any atom is -0.489 e. The second kappa shape index (κ2) is 7.86. The first-order valence-electron chi connectivity index (χ1n) is 10.2. The van der Waals surface area contributed by atoms with Crippen LogP contribution in [0.25, 0.3) is 5.69 Å². The predicted octanol–water partition coefficient (Wildman–Crippen LogP) is 2.65. The van der Waals surface area contributed by atoms with Crippen molar-refractivity contribution in [1.82, 2.24) is 19.6 Å². The number of hydrogen-bond acceptors (Lipinski definition) is 4. The number of fused-ring (bicyclic) bond motifs is 1. The molecule has 1 fully saturated rings. The van der Waals surface area contributed by atoms with Gasteiger partial charge in [0.25, 0.3) is 5.91 Å². The van der Waals surface area contributed by atoms with E-state index in [1.807, 2.05) is 30.3 Å². The molecule has 8 heteroatoms. The highest BCUT2D eigenvalue weighted by molar-refractivity contribution is 5.99. The molecular formula is C23H21FN4O3. The van der Waals surface area contributed by atoms with Crippen molar-refractivity contribution < 1.29 is 18.7 Å². The number of para-hydroxylation sites is 1. The van der Waals surface area contributed by atoms with Crippen molar-refractivity contribution in [2.75, 3.05) is 19.6 Å². The van der Waals surface area contributed by atoms with Crippen LogP contribution in [0.2, 0.25) is 0 Å². The molecule has 0 N–H and O–H groups in total. The summed E-state index contributed by atoms with van der Waals surface area (Å²) in [6.45, 7) is 1.38. The van der Waals surface area contributed by atoms with Gasteiger partial charge in [0.1, 0.15) is 24.2 Å². The normalized spacial score (nSPS) is 17.8. The number of halogens is 1. The molecule has 3 aromatic rings. The number of carbonyl (C=O) groups is 2. The first-order valence-corrected chi connectivity index (χ1v) is 10.2. The van der Waals surface area contributed by atoms with Crippen molar-refractivity contribution in [1.29, 1.82) is 0 Å². The van der Waals surface area contributed by atoms with Gasteiger partial charge >= 0.3 is 0 Å². The van der Waals surface area contributed by atoms with Gasteiger partial charge in [0.2, 0.25) is 5.91 Å². The Morgan fingerprint density at radius 1 is 1.13 bits per heavy atom. The maximum Gasteiger partial charge on any atom is 0.258 e. The highest BCUT2D eigenvalue weighted by Gasteiger charge is 2.35. The Hall–Kier alpha value is -3.68. The van der Waals surface area contributed by atoms with Crippen molar-refractivity contribution in [3.63, 3.8) is 0 Å². The molecule has 5 rings (SSSR count). The third-order valence-electron chi connectivity index (χ3n) is 5.67. The maximum absolute atomic E-state index is 13.0. The van der Waals surface area contributed by atoms with E-state index in [9.17, 15) is 14.0 Å². The van der Waals surface area contributed by atoms with Crippen LogP contribution in [-0.2, 0) is 11.3 Å². The number of hydrogen-bond donors (Lipinski definition) is 0. The molecule has 3 heterocycles. The molecule has 1 atom stereocenters. The number of aromatic nitrogens is 2. The molecule has 2 aliphatic rings. The van der Waals surface area contributed by atoms with Crippen LogP contribution in [-0.4, -0.2) is 57.1 Å². The first-order chi connectivity index (χ1) is 15.1. The van der Waals surface area contributed by atoms with E-state index in [2.05, 4.69) is 5.10 Å². The molecule has 0 saturated carbocycles. The molecule has 1 saturated heterocycles. The van der Waals surface area contributed by atoms with E-state index in [1.54, 1.807) is 32.8 Å². The van der Waals surface area contributed by atoms with Gasteiger partial charge in [-0.1, -0.05) is 18.2 Å². The van der Waals surface area contributed by atoms with Crippen LogP contribution in [0.4, 0.5) is 4.39 Å². The van der Waals surface area contributed by atoms with E-state index in [-0.39, 0.29) is 30.3 Å². The van der Waals surface area contributed by atoms with Gasteiger partial charge in [0.05, 0.1) is 36.2 Å².